The first-order valence-electron chi connectivity index (χ1n) is 10.5. The first-order chi connectivity index (χ1) is 15.5. The molecule has 5 nitrogen and oxygen atoms in total. The molecule has 0 fully saturated rings. The highest BCUT2D eigenvalue weighted by atomic mass is 19.1. The molecule has 0 bridgehead atoms. The summed E-state index contributed by atoms with van der Waals surface area (Å²) in [7, 11) is 0. The second-order valence-electron chi connectivity index (χ2n) is 7.42. The van der Waals surface area contributed by atoms with E-state index in [0.717, 1.165) is 30.9 Å². The monoisotopic (exact) mass is 435 g/mol. The van der Waals surface area contributed by atoms with E-state index in [-0.39, 0.29) is 23.0 Å². The molecular formula is C25H23F2N3O2. The number of hydrogen-bond donors (Lipinski definition) is 0. The summed E-state index contributed by atoms with van der Waals surface area (Å²) < 4.78 is 33.3. The number of hydrogen-bond acceptors (Lipinski definition) is 5. The molecule has 3 aromatic rings. The molecule has 32 heavy (non-hydrogen) atoms. The van der Waals surface area contributed by atoms with Crippen LogP contribution in [0.25, 0.3) is 11.1 Å². The fourth-order valence-corrected chi connectivity index (χ4v) is 3.26. The molecule has 0 N–H and O–H groups in total. The highest BCUT2D eigenvalue weighted by Gasteiger charge is 2.15. The average molecular weight is 435 g/mol. The lowest BCUT2D eigenvalue weighted by Crippen LogP contribution is -2.13. The first kappa shape index (κ1) is 23.0. The van der Waals surface area contributed by atoms with Gasteiger partial charge >= 0.3 is 5.97 Å². The third-order valence-electron chi connectivity index (χ3n) is 5.02. The predicted molar refractivity (Wildman–Crippen MR) is 116 cm³/mol. The number of rotatable bonds is 9. The first-order valence-corrected chi connectivity index (χ1v) is 10.5. The van der Waals surface area contributed by atoms with Crippen molar-refractivity contribution in [2.24, 2.45) is 0 Å². The predicted octanol–water partition coefficient (Wildman–Crippen LogP) is 6.03. The van der Waals surface area contributed by atoms with E-state index in [9.17, 15) is 13.6 Å². The molecule has 1 aromatic heterocycles. The molecule has 0 amide bonds. The molecule has 3 rings (SSSR count). The van der Waals surface area contributed by atoms with Gasteiger partial charge in [-0.25, -0.2) is 23.5 Å². The van der Waals surface area contributed by atoms with Gasteiger partial charge < -0.3 is 4.74 Å². The average Bonchev–Trinajstić information content (AvgIpc) is 2.79. The van der Waals surface area contributed by atoms with Crippen molar-refractivity contribution in [3.8, 4) is 22.9 Å². The highest BCUT2D eigenvalue weighted by Crippen LogP contribution is 2.24. The number of carbonyl (C=O) groups excluding carboxylic acids is 1. The van der Waals surface area contributed by atoms with Crippen LogP contribution in [-0.2, 0) is 6.42 Å². The molecule has 164 valence electrons. The lowest BCUT2D eigenvalue weighted by atomic mass is 10.0. The normalized spacial score (nSPS) is 10.6. The van der Waals surface area contributed by atoms with Crippen LogP contribution in [0.2, 0.25) is 0 Å². The summed E-state index contributed by atoms with van der Waals surface area (Å²) in [6.45, 7) is 2.17. The van der Waals surface area contributed by atoms with Gasteiger partial charge in [0, 0.05) is 29.6 Å². The van der Waals surface area contributed by atoms with Crippen molar-refractivity contribution in [2.75, 3.05) is 0 Å². The van der Waals surface area contributed by atoms with Crippen LogP contribution in [0.3, 0.4) is 0 Å². The second-order valence-corrected chi connectivity index (χ2v) is 7.42. The molecule has 0 aliphatic carbocycles. The van der Waals surface area contributed by atoms with Gasteiger partial charge in [-0.05, 0) is 36.6 Å². The van der Waals surface area contributed by atoms with Crippen molar-refractivity contribution < 1.29 is 18.3 Å². The summed E-state index contributed by atoms with van der Waals surface area (Å²) in [6, 6.07) is 10.2. The number of halogens is 2. The van der Waals surface area contributed by atoms with Crippen LogP contribution in [-0.4, -0.2) is 15.9 Å². The van der Waals surface area contributed by atoms with Gasteiger partial charge in [-0.1, -0.05) is 44.7 Å². The summed E-state index contributed by atoms with van der Waals surface area (Å²) in [5, 5.41) is 8.75. The van der Waals surface area contributed by atoms with Gasteiger partial charge in [0.2, 0.25) is 5.82 Å². The Morgan fingerprint density at radius 3 is 2.41 bits per heavy atom. The van der Waals surface area contributed by atoms with Gasteiger partial charge in [-0.15, -0.1) is 0 Å². The lowest BCUT2D eigenvalue weighted by molar-refractivity contribution is 0.0721. The SMILES string of the molecule is CCCCCCCc1ccc(-c2cnc(C(=O)Oc3ccc(C#N)c(F)c3)nc2)c(F)c1. The largest absolute Gasteiger partial charge is 0.421 e. The van der Waals surface area contributed by atoms with Crippen LogP contribution < -0.4 is 4.74 Å². The maximum Gasteiger partial charge on any atom is 0.381 e. The number of nitriles is 1. The van der Waals surface area contributed by atoms with Gasteiger partial charge in [0.15, 0.2) is 0 Å². The number of aryl methyl sites for hydroxylation is 1. The van der Waals surface area contributed by atoms with Gasteiger partial charge in [0.05, 0.1) is 5.56 Å². The smallest absolute Gasteiger partial charge is 0.381 e. The van der Waals surface area contributed by atoms with E-state index < -0.39 is 11.8 Å². The van der Waals surface area contributed by atoms with Crippen LogP contribution in [0.5, 0.6) is 5.75 Å². The Bertz CT molecular complexity index is 1130. The number of aromatic nitrogens is 2. The summed E-state index contributed by atoms with van der Waals surface area (Å²) >= 11 is 0. The number of benzene rings is 2. The van der Waals surface area contributed by atoms with E-state index in [2.05, 4.69) is 16.9 Å². The molecule has 0 spiro atoms. The third-order valence-corrected chi connectivity index (χ3v) is 5.02. The van der Waals surface area contributed by atoms with Gasteiger partial charge in [-0.2, -0.15) is 5.26 Å². The minimum absolute atomic E-state index is 0.0736. The molecule has 0 radical (unpaired) electrons. The minimum atomic E-state index is -0.889. The molecular weight excluding hydrogens is 412 g/mol. The van der Waals surface area contributed by atoms with Crippen molar-refractivity contribution >= 4 is 5.97 Å². The Balaban J connectivity index is 1.64. The second kappa shape index (κ2) is 11.1. The summed E-state index contributed by atoms with van der Waals surface area (Å²) in [6.07, 6.45) is 9.29. The van der Waals surface area contributed by atoms with Crippen LogP contribution in [0.1, 0.15) is 60.8 Å². The van der Waals surface area contributed by atoms with Crippen LogP contribution in [0.15, 0.2) is 48.8 Å². The fourth-order valence-electron chi connectivity index (χ4n) is 3.26. The molecule has 0 saturated carbocycles. The van der Waals surface area contributed by atoms with Crippen molar-refractivity contribution in [1.29, 1.82) is 5.26 Å². The maximum absolute atomic E-state index is 14.6. The summed E-state index contributed by atoms with van der Waals surface area (Å²) in [5.41, 5.74) is 1.56. The Hall–Kier alpha value is -3.66. The fraction of sp³-hybridized carbons (Fsp3) is 0.280. The Morgan fingerprint density at radius 1 is 1.00 bits per heavy atom. The molecule has 0 unspecified atom stereocenters. The number of nitrogens with zero attached hydrogens (tertiary/aromatic N) is 3. The molecule has 0 aliphatic rings. The third kappa shape index (κ3) is 5.94. The number of unbranched alkanes of at least 4 members (excludes halogenated alkanes) is 4. The molecule has 7 heteroatoms. The van der Waals surface area contributed by atoms with Crippen molar-refractivity contribution in [1.82, 2.24) is 9.97 Å². The van der Waals surface area contributed by atoms with Crippen LogP contribution in [0, 0.1) is 23.0 Å². The number of esters is 1. The Kier molecular flexibility index (Phi) is 7.98. The van der Waals surface area contributed by atoms with Gasteiger partial charge in [-0.3, -0.25) is 0 Å². The molecule has 0 aliphatic heterocycles. The molecule has 0 atom stereocenters. The zero-order chi connectivity index (χ0) is 22.9. The van der Waals surface area contributed by atoms with E-state index in [0.29, 0.717) is 11.1 Å². The van der Waals surface area contributed by atoms with Crippen LogP contribution >= 0.6 is 0 Å². The summed E-state index contributed by atoms with van der Waals surface area (Å²) in [5.74, 6) is -2.38. The lowest BCUT2D eigenvalue weighted by Gasteiger charge is -2.07. The maximum atomic E-state index is 14.6. The standard InChI is InChI=1S/C25H23F2N3O2/c1-2-3-4-5-6-7-17-8-11-21(23(27)12-17)19-15-29-24(30-16-19)25(31)32-20-10-9-18(14-28)22(26)13-20/h8-13,15-16H,2-7H2,1H3. The van der Waals surface area contributed by atoms with E-state index in [1.165, 1.54) is 49.9 Å². The quantitative estimate of drug-likeness (QED) is 0.233. The zero-order valence-electron chi connectivity index (χ0n) is 17.8. The topological polar surface area (TPSA) is 75.9 Å². The van der Waals surface area contributed by atoms with Crippen molar-refractivity contribution in [2.45, 2.75) is 45.4 Å². The van der Waals surface area contributed by atoms with Crippen molar-refractivity contribution in [3.63, 3.8) is 0 Å². The Morgan fingerprint density at radius 2 is 1.75 bits per heavy atom. The van der Waals surface area contributed by atoms with E-state index in [4.69, 9.17) is 10.00 Å². The zero-order valence-corrected chi connectivity index (χ0v) is 17.8. The van der Waals surface area contributed by atoms with Gasteiger partial charge in [0.25, 0.3) is 0 Å². The highest BCUT2D eigenvalue weighted by molar-refractivity contribution is 5.87. The minimum Gasteiger partial charge on any atom is -0.421 e. The molecule has 1 heterocycles. The number of carbonyl (C=O) groups is 1. The van der Waals surface area contributed by atoms with E-state index >= 15 is 0 Å². The molecule has 2 aromatic carbocycles. The van der Waals surface area contributed by atoms with Crippen molar-refractivity contribution in [3.05, 3.63) is 77.4 Å². The van der Waals surface area contributed by atoms with E-state index in [1.807, 2.05) is 6.07 Å². The van der Waals surface area contributed by atoms with E-state index in [1.54, 1.807) is 12.1 Å². The Labute approximate surface area is 185 Å². The van der Waals surface area contributed by atoms with Crippen LogP contribution in [0.4, 0.5) is 8.78 Å². The molecule has 0 saturated heterocycles. The van der Waals surface area contributed by atoms with Gasteiger partial charge in [0.1, 0.15) is 23.5 Å². The number of ether oxygens (including phenoxy) is 1. The summed E-state index contributed by atoms with van der Waals surface area (Å²) in [4.78, 5) is 20.1.